The molecule has 4 heterocycles. The maximum absolute atomic E-state index is 13.9. The van der Waals surface area contributed by atoms with E-state index in [2.05, 4.69) is 20.4 Å². The topological polar surface area (TPSA) is 116 Å². The molecule has 184 valence electrons. The van der Waals surface area contributed by atoms with Crippen LogP contribution in [0.25, 0.3) is 11.8 Å². The molecule has 13 heteroatoms. The molecule has 0 N–H and O–H groups in total. The van der Waals surface area contributed by atoms with Crippen LogP contribution in [0, 0.1) is 11.2 Å². The lowest BCUT2D eigenvalue weighted by Crippen LogP contribution is -2.53. The van der Waals surface area contributed by atoms with Gasteiger partial charge >= 0.3 is 0 Å². The molecule has 4 aromatic rings. The third-order valence-corrected chi connectivity index (χ3v) is 9.03. The molecule has 0 radical (unpaired) electrons. The third kappa shape index (κ3) is 3.53. The summed E-state index contributed by atoms with van der Waals surface area (Å²) < 4.78 is 44.6. The number of halogens is 1. The lowest BCUT2D eigenvalue weighted by Gasteiger charge is -2.44. The lowest BCUT2D eigenvalue weighted by molar-refractivity contribution is 0.0770. The second-order valence-electron chi connectivity index (χ2n) is 8.89. The number of Topliss-reactive ketones (excluding diaryl/α,β-unsaturated/α-hetero) is 1. The zero-order valence-electron chi connectivity index (χ0n) is 19.1. The van der Waals surface area contributed by atoms with Crippen molar-refractivity contribution in [3.05, 3.63) is 75.9 Å². The van der Waals surface area contributed by atoms with E-state index in [0.29, 0.717) is 17.8 Å². The second kappa shape index (κ2) is 8.25. The molecule has 1 aromatic carbocycles. The molecule has 3 aromatic heterocycles. The Hall–Kier alpha value is -3.55. The molecule has 0 saturated carbocycles. The first-order chi connectivity index (χ1) is 17.3. The first kappa shape index (κ1) is 22.9. The van der Waals surface area contributed by atoms with Gasteiger partial charge < -0.3 is 0 Å². The number of ketones is 1. The van der Waals surface area contributed by atoms with Gasteiger partial charge in [0.25, 0.3) is 10.0 Å². The molecule has 6 rings (SSSR count). The van der Waals surface area contributed by atoms with Crippen molar-refractivity contribution in [1.82, 2.24) is 34.1 Å². The monoisotopic (exact) mass is 525 g/mol. The summed E-state index contributed by atoms with van der Waals surface area (Å²) in [5.74, 6) is -0.572. The number of carbonyl (C=O) groups excluding carboxylic acids is 1. The van der Waals surface area contributed by atoms with Gasteiger partial charge in [0.2, 0.25) is 5.03 Å². The van der Waals surface area contributed by atoms with Crippen molar-refractivity contribution in [1.29, 1.82) is 0 Å². The van der Waals surface area contributed by atoms with Crippen LogP contribution in [0.2, 0.25) is 0 Å². The Morgan fingerprint density at radius 1 is 1.22 bits per heavy atom. The minimum atomic E-state index is -3.97. The number of aromatic nitrogens is 6. The summed E-state index contributed by atoms with van der Waals surface area (Å²) in [4.78, 5) is 18.2. The minimum absolute atomic E-state index is 0.0464. The molecular weight excluding hydrogens is 505 g/mol. The molecule has 1 aliphatic carbocycles. The fourth-order valence-electron chi connectivity index (χ4n) is 4.96. The Labute approximate surface area is 209 Å². The first-order valence-corrected chi connectivity index (χ1v) is 13.5. The maximum Gasteiger partial charge on any atom is 0.264 e. The average molecular weight is 526 g/mol. The van der Waals surface area contributed by atoms with Gasteiger partial charge in [-0.3, -0.25) is 9.48 Å². The van der Waals surface area contributed by atoms with Gasteiger partial charge in [0, 0.05) is 25.5 Å². The zero-order valence-corrected chi connectivity index (χ0v) is 20.7. The molecule has 0 spiro atoms. The highest BCUT2D eigenvalue weighted by Crippen LogP contribution is 2.47. The average Bonchev–Trinajstić information content (AvgIpc) is 3.63. The van der Waals surface area contributed by atoms with E-state index in [1.54, 1.807) is 40.9 Å². The molecular formula is C23H20FN7O3S2. The number of carbonyl (C=O) groups is 1. The Kier molecular flexibility index (Phi) is 5.24. The van der Waals surface area contributed by atoms with E-state index in [9.17, 15) is 17.6 Å². The van der Waals surface area contributed by atoms with E-state index in [1.165, 1.54) is 38.7 Å². The quantitative estimate of drug-likeness (QED) is 0.368. The molecule has 2 aliphatic rings. The van der Waals surface area contributed by atoms with Gasteiger partial charge in [-0.25, -0.2) is 22.5 Å². The van der Waals surface area contributed by atoms with Crippen LogP contribution >= 0.6 is 11.3 Å². The highest BCUT2D eigenvalue weighted by atomic mass is 32.2. The number of hydrogen-bond acceptors (Lipinski definition) is 8. The molecule has 1 unspecified atom stereocenters. The van der Waals surface area contributed by atoms with Gasteiger partial charge in [-0.15, -0.1) is 16.4 Å². The molecule has 10 nitrogen and oxygen atoms in total. The van der Waals surface area contributed by atoms with E-state index in [0.717, 1.165) is 16.8 Å². The van der Waals surface area contributed by atoms with Gasteiger partial charge in [-0.05, 0) is 48.7 Å². The summed E-state index contributed by atoms with van der Waals surface area (Å²) >= 11 is 1.31. The van der Waals surface area contributed by atoms with Crippen LogP contribution in [0.5, 0.6) is 0 Å². The van der Waals surface area contributed by atoms with Crippen LogP contribution in [0.15, 0.2) is 58.1 Å². The number of piperidine rings is 1. The number of nitrogens with zero attached hydrogens (tertiary/aromatic N) is 7. The van der Waals surface area contributed by atoms with E-state index in [4.69, 9.17) is 0 Å². The first-order valence-electron chi connectivity index (χ1n) is 11.1. The largest absolute Gasteiger partial charge is 0.291 e. The van der Waals surface area contributed by atoms with Gasteiger partial charge in [0.15, 0.2) is 5.78 Å². The number of hydrogen-bond donors (Lipinski definition) is 0. The Balaban J connectivity index is 1.45. The number of sulfonamides is 1. The lowest BCUT2D eigenvalue weighted by atomic mass is 9.65. The van der Waals surface area contributed by atoms with E-state index in [1.807, 2.05) is 6.08 Å². The molecule has 1 fully saturated rings. The number of rotatable bonds is 5. The van der Waals surface area contributed by atoms with Crippen LogP contribution in [0.1, 0.15) is 28.2 Å². The van der Waals surface area contributed by atoms with Gasteiger partial charge in [0.05, 0.1) is 34.7 Å². The molecule has 1 atom stereocenters. The molecule has 0 bridgehead atoms. The maximum atomic E-state index is 13.9. The van der Waals surface area contributed by atoms with Crippen LogP contribution in [0.3, 0.4) is 0 Å². The summed E-state index contributed by atoms with van der Waals surface area (Å²) in [6, 6.07) is 6.01. The minimum Gasteiger partial charge on any atom is -0.291 e. The van der Waals surface area contributed by atoms with E-state index in [-0.39, 0.29) is 36.1 Å². The standard InChI is InChI=1S/C23H20FN7O3S2/c1-29-11-21(27-28-29)36(33,34)30-7-6-16-8-20-15(10-26-31(20)18-4-2-17(24)3-5-18)9-23(16,13-30)22(32)19-12-35-14-25-19/h2-5,8,10-12,14H,6-7,9,13H2,1H3. The summed E-state index contributed by atoms with van der Waals surface area (Å²) in [5.41, 5.74) is 3.86. The predicted molar refractivity (Wildman–Crippen MR) is 128 cm³/mol. The fraction of sp³-hybridized carbons (Fsp3) is 0.261. The van der Waals surface area contributed by atoms with Crippen LogP contribution in [-0.4, -0.2) is 61.4 Å². The van der Waals surface area contributed by atoms with Crippen LogP contribution < -0.4 is 0 Å². The van der Waals surface area contributed by atoms with E-state index < -0.39 is 15.4 Å². The van der Waals surface area contributed by atoms with Gasteiger partial charge in [0.1, 0.15) is 11.5 Å². The van der Waals surface area contributed by atoms with E-state index >= 15 is 0 Å². The molecule has 36 heavy (non-hydrogen) atoms. The van der Waals surface area contributed by atoms with Crippen LogP contribution in [-0.2, 0) is 23.5 Å². The molecule has 1 saturated heterocycles. The highest BCUT2D eigenvalue weighted by molar-refractivity contribution is 7.89. The van der Waals surface area contributed by atoms with Crippen molar-refractivity contribution in [3.8, 4) is 5.69 Å². The number of aryl methyl sites for hydroxylation is 1. The Bertz CT molecular complexity index is 1610. The van der Waals surface area contributed by atoms with Crippen molar-refractivity contribution in [3.63, 3.8) is 0 Å². The van der Waals surface area contributed by atoms with Crippen molar-refractivity contribution in [2.24, 2.45) is 12.5 Å². The predicted octanol–water partition coefficient (Wildman–Crippen LogP) is 2.50. The van der Waals surface area contributed by atoms with Gasteiger partial charge in [-0.2, -0.15) is 9.40 Å². The summed E-state index contributed by atoms with van der Waals surface area (Å²) in [7, 11) is -2.37. The summed E-state index contributed by atoms with van der Waals surface area (Å²) in [5, 5.41) is 13.6. The second-order valence-corrected chi connectivity index (χ2v) is 11.5. The number of fused-ring (bicyclic) bond motifs is 2. The van der Waals surface area contributed by atoms with Crippen molar-refractivity contribution < 1.29 is 17.6 Å². The smallest absolute Gasteiger partial charge is 0.264 e. The third-order valence-electron chi connectivity index (χ3n) is 6.74. The fourth-order valence-corrected chi connectivity index (χ4v) is 6.90. The highest BCUT2D eigenvalue weighted by Gasteiger charge is 2.51. The SMILES string of the molecule is Cn1cc(S(=O)(=O)N2CCC3=Cc4c(cnn4-c4ccc(F)cc4)CC3(C(=O)c3cscn3)C2)nn1. The van der Waals surface area contributed by atoms with Gasteiger partial charge in [-0.1, -0.05) is 10.8 Å². The number of benzene rings is 1. The molecule has 1 aliphatic heterocycles. The Morgan fingerprint density at radius 3 is 2.72 bits per heavy atom. The van der Waals surface area contributed by atoms with Crippen molar-refractivity contribution >= 4 is 33.2 Å². The van der Waals surface area contributed by atoms with Crippen LogP contribution in [0.4, 0.5) is 4.39 Å². The zero-order chi connectivity index (χ0) is 25.1. The number of thiazole rings is 1. The van der Waals surface area contributed by atoms with Crippen molar-refractivity contribution in [2.75, 3.05) is 13.1 Å². The Morgan fingerprint density at radius 2 is 2.03 bits per heavy atom. The summed E-state index contributed by atoms with van der Waals surface area (Å²) in [6.45, 7) is 0.145. The van der Waals surface area contributed by atoms with Crippen molar-refractivity contribution in [2.45, 2.75) is 17.9 Å². The normalized spacial score (nSPS) is 20.0. The molecule has 0 amide bonds. The summed E-state index contributed by atoms with van der Waals surface area (Å²) in [6.07, 6.45) is 5.56.